The number of hydrogen-bond donors (Lipinski definition) is 1. The lowest BCUT2D eigenvalue weighted by atomic mass is 10.2. The molecule has 20 heavy (non-hydrogen) atoms. The summed E-state index contributed by atoms with van der Waals surface area (Å²) in [4.78, 5) is 9.32. The van der Waals surface area contributed by atoms with E-state index in [-0.39, 0.29) is 0 Å². The van der Waals surface area contributed by atoms with Gasteiger partial charge in [-0.05, 0) is 38.1 Å². The van der Waals surface area contributed by atoms with Crippen molar-refractivity contribution in [3.8, 4) is 0 Å². The van der Waals surface area contributed by atoms with Crippen molar-refractivity contribution in [1.82, 2.24) is 15.2 Å². The van der Waals surface area contributed by atoms with Crippen molar-refractivity contribution < 1.29 is 0 Å². The largest absolute Gasteiger partial charge is 0.358 e. The molecule has 4 nitrogen and oxygen atoms in total. The maximum Gasteiger partial charge on any atom is 0.128 e. The molecule has 1 aromatic heterocycles. The van der Waals surface area contributed by atoms with Crippen LogP contribution in [-0.2, 0) is 6.54 Å². The van der Waals surface area contributed by atoms with Crippen LogP contribution in [0.25, 0.3) is 0 Å². The highest BCUT2D eigenvalue weighted by Crippen LogP contribution is 2.18. The Morgan fingerprint density at radius 2 is 2.25 bits per heavy atom. The van der Waals surface area contributed by atoms with Crippen molar-refractivity contribution in [2.75, 3.05) is 32.1 Å². The molecule has 4 heteroatoms. The third kappa shape index (κ3) is 4.18. The molecule has 112 valence electrons. The van der Waals surface area contributed by atoms with Crippen molar-refractivity contribution in [2.45, 2.75) is 45.3 Å². The first-order valence-electron chi connectivity index (χ1n) is 7.66. The smallest absolute Gasteiger partial charge is 0.128 e. The normalized spacial score (nSPS) is 19.8. The number of likely N-dealkylation sites (N-methyl/N-ethyl adjacent to an activating group) is 2. The zero-order valence-electron chi connectivity index (χ0n) is 13.3. The third-order valence-corrected chi connectivity index (χ3v) is 4.07. The van der Waals surface area contributed by atoms with Crippen LogP contribution in [-0.4, -0.2) is 49.2 Å². The molecule has 1 N–H and O–H groups in total. The van der Waals surface area contributed by atoms with E-state index < -0.39 is 0 Å². The fourth-order valence-electron chi connectivity index (χ4n) is 2.69. The second-order valence-corrected chi connectivity index (χ2v) is 6.22. The minimum atomic E-state index is 0.509. The van der Waals surface area contributed by atoms with Crippen LogP contribution < -0.4 is 10.2 Å². The van der Waals surface area contributed by atoms with Crippen LogP contribution in [0.4, 0.5) is 5.82 Å². The summed E-state index contributed by atoms with van der Waals surface area (Å²) in [5.74, 6) is 1.07. The molecular formula is C16H28N4. The maximum atomic E-state index is 4.59. The van der Waals surface area contributed by atoms with Gasteiger partial charge in [0.25, 0.3) is 0 Å². The first kappa shape index (κ1) is 15.3. The molecule has 1 aliphatic rings. The molecule has 1 aromatic rings. The van der Waals surface area contributed by atoms with Gasteiger partial charge in [0, 0.05) is 38.4 Å². The van der Waals surface area contributed by atoms with Gasteiger partial charge < -0.3 is 15.1 Å². The number of rotatable bonds is 6. The zero-order valence-corrected chi connectivity index (χ0v) is 13.3. The molecule has 0 radical (unpaired) electrons. The van der Waals surface area contributed by atoms with E-state index in [1.54, 1.807) is 0 Å². The topological polar surface area (TPSA) is 31.4 Å². The highest BCUT2D eigenvalue weighted by molar-refractivity contribution is 5.38. The molecule has 0 aromatic carbocycles. The highest BCUT2D eigenvalue weighted by Gasteiger charge is 2.22. The molecule has 0 bridgehead atoms. The Labute approximate surface area is 123 Å². The van der Waals surface area contributed by atoms with Gasteiger partial charge in [0.1, 0.15) is 5.82 Å². The van der Waals surface area contributed by atoms with E-state index in [1.807, 2.05) is 6.20 Å². The van der Waals surface area contributed by atoms with Crippen molar-refractivity contribution in [3.63, 3.8) is 0 Å². The Morgan fingerprint density at radius 3 is 2.80 bits per heavy atom. The van der Waals surface area contributed by atoms with Crippen LogP contribution in [0.2, 0.25) is 0 Å². The number of aromatic nitrogens is 1. The van der Waals surface area contributed by atoms with Crippen molar-refractivity contribution >= 4 is 5.82 Å². The van der Waals surface area contributed by atoms with Crippen LogP contribution in [0.3, 0.4) is 0 Å². The van der Waals surface area contributed by atoms with Crippen LogP contribution in [0, 0.1) is 0 Å². The average molecular weight is 276 g/mol. The predicted octanol–water partition coefficient (Wildman–Crippen LogP) is 2.11. The molecule has 1 fully saturated rings. The molecular weight excluding hydrogens is 248 g/mol. The third-order valence-electron chi connectivity index (χ3n) is 4.07. The van der Waals surface area contributed by atoms with E-state index in [2.05, 4.69) is 60.2 Å². The predicted molar refractivity (Wildman–Crippen MR) is 85.1 cm³/mol. The first-order chi connectivity index (χ1) is 9.56. The van der Waals surface area contributed by atoms with Gasteiger partial charge in [-0.15, -0.1) is 0 Å². The van der Waals surface area contributed by atoms with Gasteiger partial charge in [0.15, 0.2) is 0 Å². The number of pyridine rings is 1. The molecule has 2 rings (SSSR count). The number of hydrogen-bond acceptors (Lipinski definition) is 4. The van der Waals surface area contributed by atoms with Crippen molar-refractivity contribution in [1.29, 1.82) is 0 Å². The number of nitrogens with one attached hydrogen (secondary N) is 1. The fraction of sp³-hybridized carbons (Fsp3) is 0.688. The molecule has 1 saturated heterocycles. The maximum absolute atomic E-state index is 4.59. The van der Waals surface area contributed by atoms with Crippen LogP contribution in [0.1, 0.15) is 32.3 Å². The van der Waals surface area contributed by atoms with E-state index >= 15 is 0 Å². The second kappa shape index (κ2) is 7.04. The van der Waals surface area contributed by atoms with Gasteiger partial charge in [-0.3, -0.25) is 0 Å². The molecule has 0 spiro atoms. The SMILES string of the molecule is CC(C)NCc1ccc(N(C)CC2CCCN2C)nc1. The summed E-state index contributed by atoms with van der Waals surface area (Å²) < 4.78 is 0. The lowest BCUT2D eigenvalue weighted by Crippen LogP contribution is -2.36. The molecule has 2 heterocycles. The summed E-state index contributed by atoms with van der Waals surface area (Å²) in [7, 11) is 4.36. The molecule has 0 saturated carbocycles. The van der Waals surface area contributed by atoms with E-state index in [0.717, 1.165) is 18.9 Å². The quantitative estimate of drug-likeness (QED) is 0.862. The monoisotopic (exact) mass is 276 g/mol. The van der Waals surface area contributed by atoms with Crippen molar-refractivity contribution in [2.24, 2.45) is 0 Å². The van der Waals surface area contributed by atoms with E-state index in [0.29, 0.717) is 12.1 Å². The van der Waals surface area contributed by atoms with Crippen LogP contribution in [0.5, 0.6) is 0 Å². The molecule has 0 amide bonds. The minimum absolute atomic E-state index is 0.509. The molecule has 1 atom stereocenters. The average Bonchev–Trinajstić information content (AvgIpc) is 2.82. The Hall–Kier alpha value is -1.13. The number of likely N-dealkylation sites (tertiary alicyclic amines) is 1. The molecule has 1 aliphatic heterocycles. The van der Waals surface area contributed by atoms with Gasteiger partial charge in [0.05, 0.1) is 0 Å². The summed E-state index contributed by atoms with van der Waals surface area (Å²) in [5.41, 5.74) is 1.24. The van der Waals surface area contributed by atoms with Gasteiger partial charge in [-0.25, -0.2) is 4.98 Å². The summed E-state index contributed by atoms with van der Waals surface area (Å²) >= 11 is 0. The Balaban J connectivity index is 1.88. The Kier molecular flexibility index (Phi) is 5.38. The Morgan fingerprint density at radius 1 is 1.45 bits per heavy atom. The second-order valence-electron chi connectivity index (χ2n) is 6.22. The van der Waals surface area contributed by atoms with Crippen LogP contribution in [0.15, 0.2) is 18.3 Å². The number of nitrogens with zero attached hydrogens (tertiary/aromatic N) is 3. The molecule has 0 aliphatic carbocycles. The summed E-state index contributed by atoms with van der Waals surface area (Å²) in [6, 6.07) is 5.48. The summed E-state index contributed by atoms with van der Waals surface area (Å²) in [5, 5.41) is 3.41. The zero-order chi connectivity index (χ0) is 14.5. The van der Waals surface area contributed by atoms with Gasteiger partial charge in [-0.1, -0.05) is 19.9 Å². The van der Waals surface area contributed by atoms with E-state index in [4.69, 9.17) is 0 Å². The minimum Gasteiger partial charge on any atom is -0.358 e. The lowest BCUT2D eigenvalue weighted by Gasteiger charge is -2.26. The van der Waals surface area contributed by atoms with Gasteiger partial charge in [-0.2, -0.15) is 0 Å². The lowest BCUT2D eigenvalue weighted by molar-refractivity contribution is 0.314. The molecule has 1 unspecified atom stereocenters. The van der Waals surface area contributed by atoms with Crippen molar-refractivity contribution in [3.05, 3.63) is 23.9 Å². The van der Waals surface area contributed by atoms with Gasteiger partial charge in [0.2, 0.25) is 0 Å². The highest BCUT2D eigenvalue weighted by atomic mass is 15.2. The van der Waals surface area contributed by atoms with Gasteiger partial charge >= 0.3 is 0 Å². The van der Waals surface area contributed by atoms with E-state index in [9.17, 15) is 0 Å². The Bertz CT molecular complexity index is 401. The summed E-state index contributed by atoms with van der Waals surface area (Å²) in [6.07, 6.45) is 4.61. The summed E-state index contributed by atoms with van der Waals surface area (Å²) in [6.45, 7) is 7.50. The van der Waals surface area contributed by atoms with E-state index in [1.165, 1.54) is 24.9 Å². The fourth-order valence-corrected chi connectivity index (χ4v) is 2.69. The number of anilines is 1. The first-order valence-corrected chi connectivity index (χ1v) is 7.66. The van der Waals surface area contributed by atoms with Crippen LogP contribution >= 0.6 is 0 Å². The standard InChI is InChI=1S/C16H28N4/c1-13(2)17-10-14-7-8-16(18-11-14)20(4)12-15-6-5-9-19(15)3/h7-8,11,13,15,17H,5-6,9-10,12H2,1-4H3.